The van der Waals surface area contributed by atoms with Crippen molar-refractivity contribution in [1.82, 2.24) is 15.5 Å². The molecule has 0 bridgehead atoms. The number of benzene rings is 2. The third-order valence-corrected chi connectivity index (χ3v) is 4.93. The molecule has 1 aliphatic rings. The highest BCUT2D eigenvalue weighted by Gasteiger charge is 2.25. The van der Waals surface area contributed by atoms with Crippen LogP contribution in [0.2, 0.25) is 0 Å². The molecule has 1 fully saturated rings. The summed E-state index contributed by atoms with van der Waals surface area (Å²) in [7, 11) is 1.79. The van der Waals surface area contributed by atoms with Crippen molar-refractivity contribution in [2.75, 3.05) is 26.7 Å². The molecule has 138 valence electrons. The molecule has 1 aliphatic heterocycles. The van der Waals surface area contributed by atoms with Gasteiger partial charge in [0.05, 0.1) is 0 Å². The van der Waals surface area contributed by atoms with Gasteiger partial charge in [0, 0.05) is 39.1 Å². The summed E-state index contributed by atoms with van der Waals surface area (Å²) in [6.07, 6.45) is 2.49. The summed E-state index contributed by atoms with van der Waals surface area (Å²) in [6.45, 7) is 4.33. The second kappa shape index (κ2) is 8.70. The van der Waals surface area contributed by atoms with Gasteiger partial charge in [-0.15, -0.1) is 0 Å². The van der Waals surface area contributed by atoms with E-state index in [0.717, 1.165) is 38.4 Å². The molecule has 1 saturated heterocycles. The van der Waals surface area contributed by atoms with Crippen molar-refractivity contribution in [1.29, 1.82) is 0 Å². The van der Waals surface area contributed by atoms with Gasteiger partial charge in [-0.1, -0.05) is 49.4 Å². The molecule has 2 aromatic rings. The number of carbonyl (C=O) groups excluding carboxylic acids is 1. The molecule has 0 aromatic heterocycles. The molecule has 5 heteroatoms. The minimum absolute atomic E-state index is 0.230. The highest BCUT2D eigenvalue weighted by molar-refractivity contribution is 5.83. The Kier molecular flexibility index (Phi) is 6.10. The monoisotopic (exact) mass is 352 g/mol. The number of rotatable bonds is 5. The van der Waals surface area contributed by atoms with Crippen molar-refractivity contribution >= 4 is 22.6 Å². The molecule has 2 N–H and O–H groups in total. The molecular weight excluding hydrogens is 324 g/mol. The third-order valence-electron chi connectivity index (χ3n) is 4.93. The van der Waals surface area contributed by atoms with E-state index >= 15 is 0 Å². The lowest BCUT2D eigenvalue weighted by Gasteiger charge is -2.18. The highest BCUT2D eigenvalue weighted by Crippen LogP contribution is 2.15. The number of fused-ring (bicyclic) bond motifs is 1. The lowest BCUT2D eigenvalue weighted by Crippen LogP contribution is -2.45. The zero-order chi connectivity index (χ0) is 18.4. The predicted molar refractivity (Wildman–Crippen MR) is 107 cm³/mol. The molecule has 1 amide bonds. The van der Waals surface area contributed by atoms with Crippen molar-refractivity contribution in [2.45, 2.75) is 32.2 Å². The van der Waals surface area contributed by atoms with E-state index in [1.807, 2.05) is 11.8 Å². The summed E-state index contributed by atoms with van der Waals surface area (Å²) in [5.41, 5.74) is 1.31. The van der Waals surface area contributed by atoms with Crippen LogP contribution in [0.5, 0.6) is 0 Å². The van der Waals surface area contributed by atoms with Crippen LogP contribution in [0.25, 0.3) is 10.8 Å². The van der Waals surface area contributed by atoms with E-state index in [9.17, 15) is 4.79 Å². The van der Waals surface area contributed by atoms with Crippen LogP contribution >= 0.6 is 0 Å². The largest absolute Gasteiger partial charge is 0.356 e. The Morgan fingerprint density at radius 2 is 2.04 bits per heavy atom. The number of carbonyl (C=O) groups is 1. The molecule has 0 spiro atoms. The van der Waals surface area contributed by atoms with Crippen LogP contribution in [0.1, 0.15) is 25.3 Å². The zero-order valence-electron chi connectivity index (χ0n) is 15.7. The quantitative estimate of drug-likeness (QED) is 0.642. The van der Waals surface area contributed by atoms with Gasteiger partial charge in [0.15, 0.2) is 5.96 Å². The van der Waals surface area contributed by atoms with Gasteiger partial charge in [-0.2, -0.15) is 0 Å². The van der Waals surface area contributed by atoms with E-state index in [-0.39, 0.29) is 11.9 Å². The number of guanidine groups is 1. The maximum atomic E-state index is 11.8. The highest BCUT2D eigenvalue weighted by atomic mass is 16.2. The van der Waals surface area contributed by atoms with Crippen LogP contribution in [-0.2, 0) is 11.2 Å². The number of hydrogen-bond donors (Lipinski definition) is 2. The smallest absolute Gasteiger partial charge is 0.222 e. The lowest BCUT2D eigenvalue weighted by atomic mass is 10.1. The Balaban J connectivity index is 1.47. The molecule has 3 rings (SSSR count). The van der Waals surface area contributed by atoms with Crippen LogP contribution in [0.3, 0.4) is 0 Å². The van der Waals surface area contributed by atoms with E-state index < -0.39 is 0 Å². The van der Waals surface area contributed by atoms with Crippen molar-refractivity contribution < 1.29 is 4.79 Å². The zero-order valence-corrected chi connectivity index (χ0v) is 15.7. The lowest BCUT2D eigenvalue weighted by molar-refractivity contribution is -0.129. The van der Waals surface area contributed by atoms with Gasteiger partial charge >= 0.3 is 0 Å². The number of nitrogens with zero attached hydrogens (tertiary/aromatic N) is 2. The van der Waals surface area contributed by atoms with Gasteiger partial charge in [0.25, 0.3) is 0 Å². The Bertz CT molecular complexity index is 786. The molecule has 0 aliphatic carbocycles. The number of likely N-dealkylation sites (tertiary alicyclic amines) is 1. The molecule has 26 heavy (non-hydrogen) atoms. The second-order valence-electron chi connectivity index (χ2n) is 6.75. The SMILES string of the molecule is CCC(=O)N1CCC(NC(=NC)NCCc2ccc3ccccc3c2)C1. The van der Waals surface area contributed by atoms with E-state index in [0.29, 0.717) is 6.42 Å². The van der Waals surface area contributed by atoms with E-state index in [2.05, 4.69) is 58.1 Å². The average Bonchev–Trinajstić information content (AvgIpc) is 3.15. The molecule has 1 atom stereocenters. The summed E-state index contributed by atoms with van der Waals surface area (Å²) in [4.78, 5) is 18.0. The first-order valence-electron chi connectivity index (χ1n) is 9.42. The summed E-state index contributed by atoms with van der Waals surface area (Å²) >= 11 is 0. The summed E-state index contributed by atoms with van der Waals surface area (Å²) in [5.74, 6) is 1.04. The van der Waals surface area contributed by atoms with E-state index in [4.69, 9.17) is 0 Å². The van der Waals surface area contributed by atoms with Crippen molar-refractivity contribution in [3.63, 3.8) is 0 Å². The average molecular weight is 352 g/mol. The van der Waals surface area contributed by atoms with Crippen LogP contribution in [0.4, 0.5) is 0 Å². The topological polar surface area (TPSA) is 56.7 Å². The summed E-state index contributed by atoms with van der Waals surface area (Å²) in [6, 6.07) is 15.3. The van der Waals surface area contributed by atoms with Gasteiger partial charge < -0.3 is 15.5 Å². The third kappa shape index (κ3) is 4.54. The standard InChI is InChI=1S/C21H28N4O/c1-3-20(26)25-13-11-19(15-25)24-21(22-2)23-12-10-16-8-9-17-6-4-5-7-18(17)14-16/h4-9,14,19H,3,10-13,15H2,1-2H3,(H2,22,23,24). The second-order valence-corrected chi connectivity index (χ2v) is 6.75. The fourth-order valence-electron chi connectivity index (χ4n) is 3.44. The van der Waals surface area contributed by atoms with Crippen LogP contribution in [0, 0.1) is 0 Å². The number of nitrogens with one attached hydrogen (secondary N) is 2. The molecular formula is C21H28N4O. The Morgan fingerprint density at radius 1 is 1.23 bits per heavy atom. The van der Waals surface area contributed by atoms with E-state index in [1.54, 1.807) is 7.05 Å². The number of aliphatic imine (C=N–C) groups is 1. The predicted octanol–water partition coefficient (Wildman–Crippen LogP) is 2.56. The Hall–Kier alpha value is -2.56. The summed E-state index contributed by atoms with van der Waals surface area (Å²) < 4.78 is 0. The maximum Gasteiger partial charge on any atom is 0.222 e. The fourth-order valence-corrected chi connectivity index (χ4v) is 3.44. The molecule has 0 radical (unpaired) electrons. The van der Waals surface area contributed by atoms with Gasteiger partial charge in [-0.25, -0.2) is 0 Å². The van der Waals surface area contributed by atoms with Gasteiger partial charge in [-0.05, 0) is 29.2 Å². The van der Waals surface area contributed by atoms with Crippen LogP contribution in [0.15, 0.2) is 47.5 Å². The minimum atomic E-state index is 0.230. The Morgan fingerprint density at radius 3 is 2.81 bits per heavy atom. The first-order chi connectivity index (χ1) is 12.7. The maximum absolute atomic E-state index is 11.8. The van der Waals surface area contributed by atoms with Gasteiger partial charge in [0.2, 0.25) is 5.91 Å². The minimum Gasteiger partial charge on any atom is -0.356 e. The molecule has 2 aromatic carbocycles. The molecule has 1 heterocycles. The number of amides is 1. The fraction of sp³-hybridized carbons (Fsp3) is 0.429. The molecule has 0 saturated carbocycles. The van der Waals surface area contributed by atoms with E-state index in [1.165, 1.54) is 16.3 Å². The van der Waals surface area contributed by atoms with Crippen molar-refractivity contribution in [2.24, 2.45) is 4.99 Å². The molecule has 1 unspecified atom stereocenters. The Labute approximate surface area is 155 Å². The van der Waals surface area contributed by atoms with Crippen molar-refractivity contribution in [3.05, 3.63) is 48.0 Å². The van der Waals surface area contributed by atoms with Gasteiger partial charge in [0.1, 0.15) is 0 Å². The first-order valence-corrected chi connectivity index (χ1v) is 9.42. The first kappa shape index (κ1) is 18.2. The number of hydrogen-bond acceptors (Lipinski definition) is 2. The normalized spacial score (nSPS) is 17.5. The van der Waals surface area contributed by atoms with Gasteiger partial charge in [-0.3, -0.25) is 9.79 Å². The van der Waals surface area contributed by atoms with Crippen LogP contribution < -0.4 is 10.6 Å². The molecule has 5 nitrogen and oxygen atoms in total. The van der Waals surface area contributed by atoms with Crippen molar-refractivity contribution in [3.8, 4) is 0 Å². The van der Waals surface area contributed by atoms with Crippen LogP contribution in [-0.4, -0.2) is 49.5 Å². The summed E-state index contributed by atoms with van der Waals surface area (Å²) in [5, 5.41) is 9.37.